The number of hydrogen-bond donors (Lipinski definition) is 2. The lowest BCUT2D eigenvalue weighted by molar-refractivity contribution is -0.140. The third kappa shape index (κ3) is 3.57. The van der Waals surface area contributed by atoms with Crippen LogP contribution >= 0.6 is 11.8 Å². The van der Waals surface area contributed by atoms with Crippen LogP contribution in [0.25, 0.3) is 0 Å². The lowest BCUT2D eigenvalue weighted by Crippen LogP contribution is -2.47. The van der Waals surface area contributed by atoms with Crippen molar-refractivity contribution in [3.63, 3.8) is 0 Å². The molecule has 0 aromatic carbocycles. The van der Waals surface area contributed by atoms with Crippen molar-refractivity contribution in [2.24, 2.45) is 0 Å². The fourth-order valence-corrected chi connectivity index (χ4v) is 2.51. The summed E-state index contributed by atoms with van der Waals surface area (Å²) < 4.78 is 4.85. The van der Waals surface area contributed by atoms with E-state index in [9.17, 15) is 9.59 Å². The summed E-state index contributed by atoms with van der Waals surface area (Å²) in [6.07, 6.45) is 0.723. The number of rotatable bonds is 5. The summed E-state index contributed by atoms with van der Waals surface area (Å²) in [5.41, 5.74) is 0. The molecule has 1 atom stereocenters. The molecule has 92 valence electrons. The Morgan fingerprint density at radius 2 is 2.38 bits per heavy atom. The molecule has 7 heteroatoms. The first kappa shape index (κ1) is 13.1. The van der Waals surface area contributed by atoms with Crippen LogP contribution in [0.4, 0.5) is 4.79 Å². The summed E-state index contributed by atoms with van der Waals surface area (Å²) in [4.78, 5) is 23.8. The van der Waals surface area contributed by atoms with E-state index in [4.69, 9.17) is 9.84 Å². The van der Waals surface area contributed by atoms with Crippen molar-refractivity contribution < 1.29 is 19.4 Å². The molecule has 0 spiro atoms. The van der Waals surface area contributed by atoms with Gasteiger partial charge in [-0.3, -0.25) is 0 Å². The minimum atomic E-state index is -0.947. The van der Waals surface area contributed by atoms with Crippen LogP contribution in [-0.4, -0.2) is 59.9 Å². The fourth-order valence-electron chi connectivity index (χ4n) is 1.36. The van der Waals surface area contributed by atoms with Gasteiger partial charge in [-0.15, -0.1) is 11.8 Å². The van der Waals surface area contributed by atoms with Crippen LogP contribution in [0.15, 0.2) is 0 Å². The zero-order chi connectivity index (χ0) is 12.0. The molecular formula is C9H16N2O4S. The number of nitrogens with zero attached hydrogens (tertiary/aromatic N) is 1. The molecule has 0 bridgehead atoms. The topological polar surface area (TPSA) is 78.9 Å². The van der Waals surface area contributed by atoms with E-state index < -0.39 is 12.0 Å². The predicted octanol–water partition coefficient (Wildman–Crippen LogP) is 0.192. The Bertz CT molecular complexity index is 262. The number of amides is 2. The molecule has 1 heterocycles. The van der Waals surface area contributed by atoms with Gasteiger partial charge in [-0.1, -0.05) is 0 Å². The van der Waals surface area contributed by atoms with Crippen LogP contribution in [0.1, 0.15) is 6.42 Å². The van der Waals surface area contributed by atoms with Crippen LogP contribution < -0.4 is 5.32 Å². The molecule has 0 aromatic rings. The van der Waals surface area contributed by atoms with Gasteiger partial charge in [0.15, 0.2) is 0 Å². The molecule has 16 heavy (non-hydrogen) atoms. The Hall–Kier alpha value is -0.950. The molecule has 0 aromatic heterocycles. The molecule has 2 amide bonds. The Morgan fingerprint density at radius 3 is 3.00 bits per heavy atom. The Kier molecular flexibility index (Phi) is 5.41. The Morgan fingerprint density at radius 1 is 1.62 bits per heavy atom. The smallest absolute Gasteiger partial charge is 0.327 e. The maximum absolute atomic E-state index is 11.6. The van der Waals surface area contributed by atoms with E-state index in [1.807, 2.05) is 0 Å². The molecule has 1 saturated heterocycles. The van der Waals surface area contributed by atoms with Gasteiger partial charge in [0.2, 0.25) is 0 Å². The number of nitrogens with one attached hydrogen (secondary N) is 1. The van der Waals surface area contributed by atoms with Gasteiger partial charge in [0, 0.05) is 26.0 Å². The molecule has 1 aliphatic heterocycles. The first-order valence-corrected chi connectivity index (χ1v) is 6.16. The number of carboxylic acid groups (broad SMARTS) is 1. The molecule has 1 aliphatic rings. The number of urea groups is 1. The highest BCUT2D eigenvalue weighted by molar-refractivity contribution is 7.99. The average molecular weight is 248 g/mol. The van der Waals surface area contributed by atoms with Gasteiger partial charge in [-0.05, 0) is 6.42 Å². The third-order valence-corrected chi connectivity index (χ3v) is 3.24. The second-order valence-electron chi connectivity index (χ2n) is 3.40. The van der Waals surface area contributed by atoms with E-state index >= 15 is 0 Å². The van der Waals surface area contributed by atoms with Crippen LogP contribution in [0.2, 0.25) is 0 Å². The number of ether oxygens (including phenoxy) is 1. The minimum Gasteiger partial charge on any atom is -0.480 e. The maximum Gasteiger partial charge on any atom is 0.327 e. The number of thioether (sulfide) groups is 1. The van der Waals surface area contributed by atoms with Crippen molar-refractivity contribution in [1.29, 1.82) is 0 Å². The molecule has 1 fully saturated rings. The van der Waals surface area contributed by atoms with Crippen molar-refractivity contribution in [2.75, 3.05) is 31.9 Å². The molecule has 1 unspecified atom stereocenters. The van der Waals surface area contributed by atoms with Gasteiger partial charge in [-0.25, -0.2) is 9.59 Å². The third-order valence-electron chi connectivity index (χ3n) is 2.23. The van der Waals surface area contributed by atoms with Crippen LogP contribution in [0.3, 0.4) is 0 Å². The van der Waals surface area contributed by atoms with Crippen LogP contribution in [0.5, 0.6) is 0 Å². The number of carboxylic acids is 1. The molecule has 0 aliphatic carbocycles. The standard InChI is InChI=1S/C9H16N2O4S/c1-15-4-2-3-10-9(14)11-6-16-5-7(11)8(12)13/h7H,2-6H2,1H3,(H,10,14)(H,12,13). The zero-order valence-corrected chi connectivity index (χ0v) is 9.96. The minimum absolute atomic E-state index is 0.312. The number of carbonyl (C=O) groups excluding carboxylic acids is 1. The van der Waals surface area contributed by atoms with Gasteiger partial charge in [0.1, 0.15) is 6.04 Å². The van der Waals surface area contributed by atoms with E-state index in [0.717, 1.165) is 6.42 Å². The van der Waals surface area contributed by atoms with Gasteiger partial charge in [0.05, 0.1) is 5.88 Å². The Balaban J connectivity index is 2.32. The van der Waals surface area contributed by atoms with Crippen molar-refractivity contribution in [2.45, 2.75) is 12.5 Å². The van der Waals surface area contributed by atoms with E-state index in [0.29, 0.717) is 24.8 Å². The Labute approximate surface area is 98.3 Å². The normalized spacial score (nSPS) is 19.8. The highest BCUT2D eigenvalue weighted by Crippen LogP contribution is 2.20. The van der Waals surface area contributed by atoms with Gasteiger partial charge in [-0.2, -0.15) is 0 Å². The van der Waals surface area contributed by atoms with Crippen molar-refractivity contribution >= 4 is 23.8 Å². The summed E-state index contributed by atoms with van der Waals surface area (Å²) in [6, 6.07) is -1.01. The fraction of sp³-hybridized carbons (Fsp3) is 0.778. The molecule has 1 rings (SSSR count). The molecule has 6 nitrogen and oxygen atoms in total. The summed E-state index contributed by atoms with van der Waals surface area (Å²) in [5.74, 6) is -0.0505. The SMILES string of the molecule is COCCCNC(=O)N1CSCC1C(=O)O. The van der Waals surface area contributed by atoms with Crippen LogP contribution in [-0.2, 0) is 9.53 Å². The monoisotopic (exact) mass is 248 g/mol. The van der Waals surface area contributed by atoms with Gasteiger partial charge < -0.3 is 20.1 Å². The number of aliphatic carboxylic acids is 1. The molecule has 0 radical (unpaired) electrons. The predicted molar refractivity (Wildman–Crippen MR) is 60.5 cm³/mol. The number of carbonyl (C=O) groups is 2. The average Bonchev–Trinajstić information content (AvgIpc) is 2.73. The molecular weight excluding hydrogens is 232 g/mol. The summed E-state index contributed by atoms with van der Waals surface area (Å²) in [6.45, 7) is 1.08. The lowest BCUT2D eigenvalue weighted by atomic mass is 10.3. The summed E-state index contributed by atoms with van der Waals surface area (Å²) >= 11 is 1.45. The highest BCUT2D eigenvalue weighted by Gasteiger charge is 2.34. The summed E-state index contributed by atoms with van der Waals surface area (Å²) in [5, 5.41) is 11.6. The lowest BCUT2D eigenvalue weighted by Gasteiger charge is -2.20. The van der Waals surface area contributed by atoms with E-state index in [2.05, 4.69) is 5.32 Å². The zero-order valence-electron chi connectivity index (χ0n) is 9.14. The maximum atomic E-state index is 11.6. The van der Waals surface area contributed by atoms with Crippen molar-refractivity contribution in [1.82, 2.24) is 10.2 Å². The second kappa shape index (κ2) is 6.59. The van der Waals surface area contributed by atoms with Gasteiger partial charge >= 0.3 is 12.0 Å². The number of methoxy groups -OCH3 is 1. The van der Waals surface area contributed by atoms with E-state index in [-0.39, 0.29) is 6.03 Å². The molecule has 0 saturated carbocycles. The first-order valence-electron chi connectivity index (χ1n) is 5.00. The highest BCUT2D eigenvalue weighted by atomic mass is 32.2. The van der Waals surface area contributed by atoms with Crippen molar-refractivity contribution in [3.8, 4) is 0 Å². The second-order valence-corrected chi connectivity index (χ2v) is 4.40. The number of hydrogen-bond acceptors (Lipinski definition) is 4. The summed E-state index contributed by atoms with van der Waals surface area (Å²) in [7, 11) is 1.60. The van der Waals surface area contributed by atoms with E-state index in [1.165, 1.54) is 16.7 Å². The molecule has 2 N–H and O–H groups in total. The van der Waals surface area contributed by atoms with Crippen molar-refractivity contribution in [3.05, 3.63) is 0 Å². The van der Waals surface area contributed by atoms with Crippen LogP contribution in [0, 0.1) is 0 Å². The van der Waals surface area contributed by atoms with E-state index in [1.54, 1.807) is 7.11 Å². The first-order chi connectivity index (χ1) is 7.66. The largest absolute Gasteiger partial charge is 0.480 e. The van der Waals surface area contributed by atoms with Gasteiger partial charge in [0.25, 0.3) is 0 Å². The quantitative estimate of drug-likeness (QED) is 0.679.